The van der Waals surface area contributed by atoms with Gasteiger partial charge in [0.05, 0.1) is 0 Å². The molecule has 128 valence electrons. The first-order valence-electron chi connectivity index (χ1n) is 8.58. The first-order valence-corrected chi connectivity index (χ1v) is 8.58. The molecule has 1 heterocycles. The molecule has 1 aromatic heterocycles. The number of rotatable bonds is 8. The summed E-state index contributed by atoms with van der Waals surface area (Å²) in [5, 5.41) is 6.03. The van der Waals surface area contributed by atoms with Crippen LogP contribution in [0.3, 0.4) is 0 Å². The SMILES string of the molecule is CCCCCNc1nccc(C(=O)Nc2ccc(C(C)C)cc2)n1. The number of hydrogen-bond acceptors (Lipinski definition) is 4. The van der Waals surface area contributed by atoms with Crippen LogP contribution >= 0.6 is 0 Å². The molecule has 2 N–H and O–H groups in total. The molecule has 2 aromatic rings. The van der Waals surface area contributed by atoms with Crippen molar-refractivity contribution in [3.63, 3.8) is 0 Å². The number of amides is 1. The molecule has 0 atom stereocenters. The van der Waals surface area contributed by atoms with E-state index < -0.39 is 0 Å². The third-order valence-corrected chi connectivity index (χ3v) is 3.79. The molecule has 0 aliphatic carbocycles. The number of nitrogens with zero attached hydrogens (tertiary/aromatic N) is 2. The fourth-order valence-corrected chi connectivity index (χ4v) is 2.29. The van der Waals surface area contributed by atoms with E-state index in [1.165, 1.54) is 18.4 Å². The first-order chi connectivity index (χ1) is 11.6. The number of nitrogens with one attached hydrogen (secondary N) is 2. The van der Waals surface area contributed by atoms with Crippen molar-refractivity contribution in [2.45, 2.75) is 46.0 Å². The Morgan fingerprint density at radius 2 is 1.88 bits per heavy atom. The summed E-state index contributed by atoms with van der Waals surface area (Å²) in [7, 11) is 0. The van der Waals surface area contributed by atoms with E-state index in [1.54, 1.807) is 12.3 Å². The van der Waals surface area contributed by atoms with Gasteiger partial charge in [0.2, 0.25) is 5.95 Å². The Kier molecular flexibility index (Phi) is 6.73. The molecular weight excluding hydrogens is 300 g/mol. The number of carbonyl (C=O) groups is 1. The second-order valence-corrected chi connectivity index (χ2v) is 6.13. The Labute approximate surface area is 143 Å². The Morgan fingerprint density at radius 3 is 2.54 bits per heavy atom. The monoisotopic (exact) mass is 326 g/mol. The van der Waals surface area contributed by atoms with Crippen LogP contribution in [0.4, 0.5) is 11.6 Å². The molecule has 0 saturated heterocycles. The molecule has 1 amide bonds. The first kappa shape index (κ1) is 17.9. The zero-order valence-electron chi connectivity index (χ0n) is 14.7. The van der Waals surface area contributed by atoms with Crippen molar-refractivity contribution < 1.29 is 4.79 Å². The molecule has 1 aromatic carbocycles. The highest BCUT2D eigenvalue weighted by molar-refractivity contribution is 6.02. The van der Waals surface area contributed by atoms with Crippen LogP contribution in [0, 0.1) is 0 Å². The fraction of sp³-hybridized carbons (Fsp3) is 0.421. The lowest BCUT2D eigenvalue weighted by Crippen LogP contribution is -2.15. The maximum atomic E-state index is 12.3. The molecule has 0 unspecified atom stereocenters. The Balaban J connectivity index is 1.96. The van der Waals surface area contributed by atoms with Crippen molar-refractivity contribution >= 4 is 17.5 Å². The second kappa shape index (κ2) is 9.01. The zero-order valence-corrected chi connectivity index (χ0v) is 14.7. The minimum Gasteiger partial charge on any atom is -0.354 e. The van der Waals surface area contributed by atoms with E-state index in [1.807, 2.05) is 24.3 Å². The number of hydrogen-bond donors (Lipinski definition) is 2. The van der Waals surface area contributed by atoms with Crippen molar-refractivity contribution in [3.8, 4) is 0 Å². The summed E-state index contributed by atoms with van der Waals surface area (Å²) in [5.41, 5.74) is 2.37. The van der Waals surface area contributed by atoms with Crippen LogP contribution < -0.4 is 10.6 Å². The van der Waals surface area contributed by atoms with Gasteiger partial charge in [-0.05, 0) is 36.1 Å². The van der Waals surface area contributed by atoms with Crippen LogP contribution in [0.1, 0.15) is 62.0 Å². The Morgan fingerprint density at radius 1 is 1.12 bits per heavy atom. The van der Waals surface area contributed by atoms with Crippen molar-refractivity contribution in [3.05, 3.63) is 47.8 Å². The third kappa shape index (κ3) is 5.33. The van der Waals surface area contributed by atoms with Crippen LogP contribution in [0.5, 0.6) is 0 Å². The zero-order chi connectivity index (χ0) is 17.4. The molecule has 0 fully saturated rings. The van der Waals surface area contributed by atoms with Gasteiger partial charge >= 0.3 is 0 Å². The van der Waals surface area contributed by atoms with E-state index in [0.717, 1.165) is 18.7 Å². The lowest BCUT2D eigenvalue weighted by Gasteiger charge is -2.09. The quantitative estimate of drug-likeness (QED) is 0.703. The molecule has 5 nitrogen and oxygen atoms in total. The van der Waals surface area contributed by atoms with Gasteiger partial charge in [0, 0.05) is 18.4 Å². The number of unbranched alkanes of at least 4 members (excludes halogenated alkanes) is 2. The minimum atomic E-state index is -0.230. The number of benzene rings is 1. The van der Waals surface area contributed by atoms with Crippen molar-refractivity contribution in [2.24, 2.45) is 0 Å². The average Bonchev–Trinajstić information content (AvgIpc) is 2.59. The van der Waals surface area contributed by atoms with Gasteiger partial charge in [0.25, 0.3) is 5.91 Å². The smallest absolute Gasteiger partial charge is 0.274 e. The lowest BCUT2D eigenvalue weighted by atomic mass is 10.0. The Hall–Kier alpha value is -2.43. The van der Waals surface area contributed by atoms with Gasteiger partial charge < -0.3 is 10.6 Å². The summed E-state index contributed by atoms with van der Waals surface area (Å²) in [4.78, 5) is 20.8. The van der Waals surface area contributed by atoms with Crippen LogP contribution in [-0.2, 0) is 0 Å². The number of carbonyl (C=O) groups excluding carboxylic acids is 1. The summed E-state index contributed by atoms with van der Waals surface area (Å²) >= 11 is 0. The highest BCUT2D eigenvalue weighted by atomic mass is 16.1. The predicted octanol–water partition coefficient (Wildman–Crippen LogP) is 4.45. The Bertz CT molecular complexity index is 653. The van der Waals surface area contributed by atoms with Crippen LogP contribution in [0.25, 0.3) is 0 Å². The van der Waals surface area contributed by atoms with E-state index in [0.29, 0.717) is 17.6 Å². The maximum Gasteiger partial charge on any atom is 0.274 e. The van der Waals surface area contributed by atoms with E-state index >= 15 is 0 Å². The van der Waals surface area contributed by atoms with Crippen molar-refractivity contribution in [1.29, 1.82) is 0 Å². The molecule has 2 rings (SSSR count). The van der Waals surface area contributed by atoms with Gasteiger partial charge in [-0.25, -0.2) is 9.97 Å². The summed E-state index contributed by atoms with van der Waals surface area (Å²) in [6.07, 6.45) is 5.00. The van der Waals surface area contributed by atoms with Gasteiger partial charge in [-0.15, -0.1) is 0 Å². The van der Waals surface area contributed by atoms with Gasteiger partial charge in [-0.1, -0.05) is 45.7 Å². The highest BCUT2D eigenvalue weighted by Crippen LogP contribution is 2.17. The molecule has 24 heavy (non-hydrogen) atoms. The molecule has 0 aliphatic heterocycles. The fourth-order valence-electron chi connectivity index (χ4n) is 2.29. The molecule has 5 heteroatoms. The van der Waals surface area contributed by atoms with Crippen molar-refractivity contribution in [1.82, 2.24) is 9.97 Å². The van der Waals surface area contributed by atoms with Crippen LogP contribution in [0.15, 0.2) is 36.5 Å². The summed E-state index contributed by atoms with van der Waals surface area (Å²) < 4.78 is 0. The summed E-state index contributed by atoms with van der Waals surface area (Å²) in [6.45, 7) is 7.26. The van der Waals surface area contributed by atoms with Gasteiger partial charge in [-0.3, -0.25) is 4.79 Å². The van der Waals surface area contributed by atoms with E-state index in [2.05, 4.69) is 41.4 Å². The summed E-state index contributed by atoms with van der Waals surface area (Å²) in [5.74, 6) is 0.734. The molecular formula is C19H26N4O. The minimum absolute atomic E-state index is 0.230. The van der Waals surface area contributed by atoms with E-state index in [9.17, 15) is 4.79 Å². The van der Waals surface area contributed by atoms with Gasteiger partial charge in [0.1, 0.15) is 5.69 Å². The topological polar surface area (TPSA) is 66.9 Å². The van der Waals surface area contributed by atoms with Crippen LogP contribution in [-0.4, -0.2) is 22.4 Å². The van der Waals surface area contributed by atoms with Crippen LogP contribution in [0.2, 0.25) is 0 Å². The molecule has 0 radical (unpaired) electrons. The highest BCUT2D eigenvalue weighted by Gasteiger charge is 2.09. The standard InChI is InChI=1S/C19H26N4O/c1-4-5-6-12-20-19-21-13-11-17(23-19)18(24)22-16-9-7-15(8-10-16)14(2)3/h7-11,13-14H,4-6,12H2,1-3H3,(H,22,24)(H,20,21,23). The normalized spacial score (nSPS) is 10.7. The molecule has 0 aliphatic rings. The molecule has 0 saturated carbocycles. The average molecular weight is 326 g/mol. The number of anilines is 2. The lowest BCUT2D eigenvalue weighted by molar-refractivity contribution is 0.102. The third-order valence-electron chi connectivity index (χ3n) is 3.79. The van der Waals surface area contributed by atoms with E-state index in [4.69, 9.17) is 0 Å². The predicted molar refractivity (Wildman–Crippen MR) is 98.5 cm³/mol. The molecule has 0 spiro atoms. The second-order valence-electron chi connectivity index (χ2n) is 6.13. The van der Waals surface area contributed by atoms with Gasteiger partial charge in [-0.2, -0.15) is 0 Å². The van der Waals surface area contributed by atoms with E-state index in [-0.39, 0.29) is 5.91 Å². The van der Waals surface area contributed by atoms with Gasteiger partial charge in [0.15, 0.2) is 0 Å². The molecule has 0 bridgehead atoms. The largest absolute Gasteiger partial charge is 0.354 e. The van der Waals surface area contributed by atoms with Crippen molar-refractivity contribution in [2.75, 3.05) is 17.2 Å². The number of aromatic nitrogens is 2. The summed E-state index contributed by atoms with van der Waals surface area (Å²) in [6, 6.07) is 9.51. The maximum absolute atomic E-state index is 12.3.